The highest BCUT2D eigenvalue weighted by Gasteiger charge is 2.53. The zero-order valence-corrected chi connectivity index (χ0v) is 32.0. The van der Waals surface area contributed by atoms with Crippen LogP contribution in [0.2, 0.25) is 5.02 Å². The third-order valence-corrected chi connectivity index (χ3v) is 11.3. The minimum Gasteiger partial charge on any atom is -0.350 e. The fraction of sp³-hybridized carbons (Fsp3) is 0.500. The van der Waals surface area contributed by atoms with Gasteiger partial charge < -0.3 is 10.1 Å². The fourth-order valence-corrected chi connectivity index (χ4v) is 8.05. The maximum absolute atomic E-state index is 14.2. The summed E-state index contributed by atoms with van der Waals surface area (Å²) >= 11 is 6.52. The number of nitrogens with zero attached hydrogens (tertiary/aromatic N) is 3. The molecule has 0 aliphatic carbocycles. The van der Waals surface area contributed by atoms with Crippen molar-refractivity contribution in [1.29, 1.82) is 0 Å². The molecule has 4 rings (SSSR count). The molecule has 14 heteroatoms. The van der Waals surface area contributed by atoms with Gasteiger partial charge in [-0.05, 0) is 51.0 Å². The lowest BCUT2D eigenvalue weighted by Crippen LogP contribution is -2.53. The van der Waals surface area contributed by atoms with Gasteiger partial charge in [-0.15, -0.1) is 0 Å². The Hall–Kier alpha value is -4.07. The molecule has 12 nitrogen and oxygen atoms in total. The van der Waals surface area contributed by atoms with E-state index in [4.69, 9.17) is 16.3 Å². The second kappa shape index (κ2) is 19.1. The molecule has 0 saturated carbocycles. The van der Waals surface area contributed by atoms with Gasteiger partial charge in [-0.2, -0.15) is 5.10 Å². The summed E-state index contributed by atoms with van der Waals surface area (Å²) in [7, 11) is -3.65. The number of ether oxygens (including phenoxy) is 1. The number of amides is 4. The van der Waals surface area contributed by atoms with E-state index in [-0.39, 0.29) is 45.8 Å². The third kappa shape index (κ3) is 10.1. The molecule has 2 aromatic carbocycles. The summed E-state index contributed by atoms with van der Waals surface area (Å²) in [5, 5.41) is 9.25. The van der Waals surface area contributed by atoms with Crippen LogP contribution in [0.3, 0.4) is 0 Å². The van der Waals surface area contributed by atoms with Crippen molar-refractivity contribution in [3.05, 3.63) is 76.1 Å². The van der Waals surface area contributed by atoms with Crippen LogP contribution >= 0.6 is 11.6 Å². The van der Waals surface area contributed by atoms with Gasteiger partial charge in [0.05, 0.1) is 39.2 Å². The average Bonchev–Trinajstić information content (AvgIpc) is 3.56. The number of aromatic amines is 1. The van der Waals surface area contributed by atoms with Crippen LogP contribution in [-0.4, -0.2) is 76.7 Å². The molecule has 1 saturated heterocycles. The largest absolute Gasteiger partial charge is 0.350 e. The van der Waals surface area contributed by atoms with E-state index in [9.17, 15) is 27.6 Å². The van der Waals surface area contributed by atoms with E-state index in [0.29, 0.717) is 22.6 Å². The van der Waals surface area contributed by atoms with Gasteiger partial charge in [0.2, 0.25) is 6.23 Å². The maximum Gasteiger partial charge on any atom is 0.330 e. The summed E-state index contributed by atoms with van der Waals surface area (Å²) in [4.78, 5) is 57.9. The van der Waals surface area contributed by atoms with Crippen molar-refractivity contribution in [3.8, 4) is 0 Å². The zero-order chi connectivity index (χ0) is 37.8. The Balaban J connectivity index is 1.51. The number of anilines is 1. The lowest BCUT2D eigenvalue weighted by Gasteiger charge is -2.25. The Bertz CT molecular complexity index is 1800. The number of aromatic nitrogens is 2. The predicted octanol–water partition coefficient (Wildman–Crippen LogP) is 7.39. The van der Waals surface area contributed by atoms with Crippen LogP contribution in [-0.2, 0) is 30.7 Å². The number of ketones is 1. The summed E-state index contributed by atoms with van der Waals surface area (Å²) in [6, 6.07) is 10.0. The molecule has 1 aromatic heterocycles. The quantitative estimate of drug-likeness (QED) is 0.0493. The molecule has 1 fully saturated rings. The van der Waals surface area contributed by atoms with Gasteiger partial charge >= 0.3 is 6.03 Å². The van der Waals surface area contributed by atoms with Gasteiger partial charge in [-0.25, -0.2) is 18.1 Å². The Labute approximate surface area is 311 Å². The number of nitrogens with one attached hydrogen (secondary N) is 2. The number of hydrogen-bond donors (Lipinski definition) is 2. The molecule has 1 aliphatic heterocycles. The Kier molecular flexibility index (Phi) is 15.0. The first-order valence-electron chi connectivity index (χ1n) is 18.1. The number of Topliss-reactive ketones (excluding diaryl/α,β-unsaturated/α-hetero) is 1. The number of hydrogen-bond acceptors (Lipinski definition) is 8. The van der Waals surface area contributed by atoms with E-state index in [0.717, 1.165) is 25.7 Å². The molecule has 3 aromatic rings. The first-order valence-corrected chi connectivity index (χ1v) is 20.1. The van der Waals surface area contributed by atoms with Gasteiger partial charge in [0, 0.05) is 12.3 Å². The number of carbonyl (C=O) groups excluding carboxylic acids is 4. The summed E-state index contributed by atoms with van der Waals surface area (Å²) in [5.74, 6) is -2.78. The first-order chi connectivity index (χ1) is 24.9. The number of unbranched alkanes of at least 4 members (excludes halogenated alkanes) is 9. The zero-order valence-electron chi connectivity index (χ0n) is 30.5. The summed E-state index contributed by atoms with van der Waals surface area (Å²) in [6.45, 7) is 7.08. The van der Waals surface area contributed by atoms with Crippen molar-refractivity contribution in [3.63, 3.8) is 0 Å². The number of aryl methyl sites for hydroxylation is 2. The molecular weight excluding hydrogens is 706 g/mol. The highest BCUT2D eigenvalue weighted by Crippen LogP contribution is 2.30. The van der Waals surface area contributed by atoms with Crippen molar-refractivity contribution >= 4 is 50.8 Å². The summed E-state index contributed by atoms with van der Waals surface area (Å²) in [5.41, 5.74) is 1.38. The van der Waals surface area contributed by atoms with Crippen molar-refractivity contribution < 1.29 is 32.3 Å². The molecule has 0 radical (unpaired) electrons. The number of H-pyrrole nitrogens is 1. The maximum atomic E-state index is 14.2. The number of benzene rings is 2. The number of sulfone groups is 1. The van der Waals surface area contributed by atoms with Crippen LogP contribution in [0, 0.1) is 13.8 Å². The monoisotopic (exact) mass is 755 g/mol. The van der Waals surface area contributed by atoms with Gasteiger partial charge in [-0.1, -0.05) is 107 Å². The first kappa shape index (κ1) is 40.7. The van der Waals surface area contributed by atoms with E-state index in [2.05, 4.69) is 22.4 Å². The van der Waals surface area contributed by atoms with Gasteiger partial charge in [-0.3, -0.25) is 24.4 Å². The Morgan fingerprint density at radius 1 is 0.942 bits per heavy atom. The predicted molar refractivity (Wildman–Crippen MR) is 200 cm³/mol. The van der Waals surface area contributed by atoms with Crippen LogP contribution in [0.25, 0.3) is 0 Å². The Morgan fingerprint density at radius 3 is 2.15 bits per heavy atom. The van der Waals surface area contributed by atoms with Crippen molar-refractivity contribution in [1.82, 2.24) is 20.0 Å². The number of carbonyl (C=O) groups is 4. The molecule has 2 atom stereocenters. The molecule has 0 spiro atoms. The smallest absolute Gasteiger partial charge is 0.330 e. The van der Waals surface area contributed by atoms with Crippen LogP contribution in [0.1, 0.15) is 105 Å². The minimum atomic E-state index is -3.65. The van der Waals surface area contributed by atoms with E-state index in [1.807, 2.05) is 6.07 Å². The number of halogens is 1. The summed E-state index contributed by atoms with van der Waals surface area (Å²) in [6.07, 6.45) is 9.38. The molecule has 4 amide bonds. The second-order valence-corrected chi connectivity index (χ2v) is 15.6. The van der Waals surface area contributed by atoms with E-state index >= 15 is 0 Å². The van der Waals surface area contributed by atoms with E-state index < -0.39 is 45.7 Å². The molecule has 1 aliphatic rings. The Morgan fingerprint density at radius 2 is 1.58 bits per heavy atom. The molecule has 2 N–H and O–H groups in total. The van der Waals surface area contributed by atoms with Crippen LogP contribution in [0.5, 0.6) is 0 Å². The number of rotatable bonds is 21. The van der Waals surface area contributed by atoms with Crippen LogP contribution in [0.15, 0.2) is 53.4 Å². The van der Waals surface area contributed by atoms with Crippen molar-refractivity contribution in [2.24, 2.45) is 0 Å². The standard InChI is InChI=1S/C38H50ClN5O7S/c1-5-7-8-9-10-11-12-13-14-18-23-52(49,50)29-21-22-31(30(39)24-29)40-35(46)33(34(45)32-26(3)41-42-27(32)4)44-36(47)37(51-6-2)43(38(44)48)25-28-19-16-15-17-20-28/h15-17,19-22,24,33,37H,5-14,18,23,25H2,1-4H3,(H,40,46)(H,41,42). The highest BCUT2D eigenvalue weighted by molar-refractivity contribution is 7.91. The SMILES string of the molecule is CCCCCCCCCCCCS(=O)(=O)c1ccc(NC(=O)C(C(=O)c2c(C)n[nH]c2C)N2C(=O)C(OCC)N(Cc3ccccc3)C2=O)c(Cl)c1. The van der Waals surface area contributed by atoms with Crippen molar-refractivity contribution in [2.75, 3.05) is 17.7 Å². The molecule has 52 heavy (non-hydrogen) atoms. The molecular formula is C38H50ClN5O7S. The summed E-state index contributed by atoms with van der Waals surface area (Å²) < 4.78 is 32.0. The fourth-order valence-electron chi connectivity index (χ4n) is 6.37. The van der Waals surface area contributed by atoms with Gasteiger partial charge in [0.1, 0.15) is 0 Å². The molecule has 2 unspecified atom stereocenters. The number of urea groups is 1. The lowest BCUT2D eigenvalue weighted by molar-refractivity contribution is -0.144. The van der Waals surface area contributed by atoms with Crippen LogP contribution in [0.4, 0.5) is 10.5 Å². The minimum absolute atomic E-state index is 0.00425. The van der Waals surface area contributed by atoms with Crippen molar-refractivity contribution in [2.45, 2.75) is 116 Å². The topological polar surface area (TPSA) is 159 Å². The number of imide groups is 1. The molecule has 2 heterocycles. The van der Waals surface area contributed by atoms with Crippen LogP contribution < -0.4 is 5.32 Å². The normalized spacial score (nSPS) is 15.4. The third-order valence-electron chi connectivity index (χ3n) is 9.16. The average molecular weight is 756 g/mol. The van der Waals surface area contributed by atoms with Gasteiger partial charge in [0.15, 0.2) is 21.7 Å². The van der Waals surface area contributed by atoms with Gasteiger partial charge in [0.25, 0.3) is 11.8 Å². The molecule has 282 valence electrons. The molecule has 0 bridgehead atoms. The van der Waals surface area contributed by atoms with E-state index in [1.54, 1.807) is 45.0 Å². The van der Waals surface area contributed by atoms with E-state index in [1.165, 1.54) is 55.2 Å². The second-order valence-electron chi connectivity index (χ2n) is 13.1. The highest BCUT2D eigenvalue weighted by atomic mass is 35.5. The lowest BCUT2D eigenvalue weighted by atomic mass is 10.00.